The first-order valence-electron chi connectivity index (χ1n) is 6.78. The predicted octanol–water partition coefficient (Wildman–Crippen LogP) is 2.38. The topological polar surface area (TPSA) is 115 Å². The highest BCUT2D eigenvalue weighted by Crippen LogP contribution is 2.21. The van der Waals surface area contributed by atoms with Gasteiger partial charge in [-0.2, -0.15) is 0 Å². The van der Waals surface area contributed by atoms with Crippen molar-refractivity contribution in [2.24, 2.45) is 11.5 Å². The highest BCUT2D eigenvalue weighted by atomic mass is 79.9. The summed E-state index contributed by atoms with van der Waals surface area (Å²) in [6, 6.07) is 11.6. The molecule has 0 saturated heterocycles. The van der Waals surface area contributed by atoms with Gasteiger partial charge >= 0.3 is 0 Å². The third kappa shape index (κ3) is 5.10. The van der Waals surface area contributed by atoms with E-state index in [-0.39, 0.29) is 22.8 Å². The van der Waals surface area contributed by atoms with Gasteiger partial charge in [0.2, 0.25) is 17.7 Å². The zero-order chi connectivity index (χ0) is 17.7. The Hall–Kier alpha value is -2.32. The Morgan fingerprint density at radius 1 is 0.958 bits per heavy atom. The van der Waals surface area contributed by atoms with E-state index < -0.39 is 11.8 Å². The zero-order valence-electron chi connectivity index (χ0n) is 12.4. The van der Waals surface area contributed by atoms with Crippen molar-refractivity contribution >= 4 is 51.1 Å². The van der Waals surface area contributed by atoms with E-state index in [2.05, 4.69) is 21.2 Å². The molecule has 2 aromatic carbocycles. The largest absolute Gasteiger partial charge is 0.366 e. The van der Waals surface area contributed by atoms with Crippen molar-refractivity contribution in [1.82, 2.24) is 0 Å². The van der Waals surface area contributed by atoms with Crippen molar-refractivity contribution < 1.29 is 14.4 Å². The van der Waals surface area contributed by atoms with Crippen molar-refractivity contribution in [3.8, 4) is 0 Å². The maximum atomic E-state index is 12.0. The van der Waals surface area contributed by atoms with Gasteiger partial charge in [0.15, 0.2) is 0 Å². The molecule has 0 aliphatic heterocycles. The van der Waals surface area contributed by atoms with Crippen LogP contribution < -0.4 is 16.8 Å². The molecule has 0 spiro atoms. The van der Waals surface area contributed by atoms with E-state index in [1.54, 1.807) is 0 Å². The van der Waals surface area contributed by atoms with Crippen LogP contribution in [-0.2, 0) is 4.79 Å². The average molecular weight is 408 g/mol. The number of rotatable bonds is 6. The number of amides is 3. The second kappa shape index (κ2) is 7.98. The lowest BCUT2D eigenvalue weighted by atomic mass is 10.1. The second-order valence-electron chi connectivity index (χ2n) is 4.82. The lowest BCUT2D eigenvalue weighted by molar-refractivity contribution is -0.113. The van der Waals surface area contributed by atoms with Crippen molar-refractivity contribution in [2.45, 2.75) is 4.90 Å². The quantitative estimate of drug-likeness (QED) is 0.637. The fourth-order valence-electron chi connectivity index (χ4n) is 1.86. The zero-order valence-corrected chi connectivity index (χ0v) is 14.8. The smallest absolute Gasteiger partial charge is 0.248 e. The summed E-state index contributed by atoms with van der Waals surface area (Å²) in [7, 11) is 0. The summed E-state index contributed by atoms with van der Waals surface area (Å²) in [4.78, 5) is 35.6. The highest BCUT2D eigenvalue weighted by molar-refractivity contribution is 9.10. The van der Waals surface area contributed by atoms with Crippen LogP contribution in [0.2, 0.25) is 0 Å². The maximum absolute atomic E-state index is 12.0. The van der Waals surface area contributed by atoms with Crippen LogP contribution in [-0.4, -0.2) is 23.5 Å². The number of carbonyl (C=O) groups is 3. The minimum atomic E-state index is -0.710. The molecule has 0 radical (unpaired) electrons. The van der Waals surface area contributed by atoms with Crippen molar-refractivity contribution in [3.63, 3.8) is 0 Å². The standard InChI is InChI=1S/C16H14BrN3O3S/c17-11-1-3-13(4-2-11)24-8-14(21)20-12-6-9(15(18)22)5-10(7-12)16(19)23/h1-7H,8H2,(H2,18,22)(H2,19,23)(H,20,21). The molecular formula is C16H14BrN3O3S. The van der Waals surface area contributed by atoms with E-state index in [9.17, 15) is 14.4 Å². The number of anilines is 1. The molecule has 2 aromatic rings. The molecule has 0 unspecified atom stereocenters. The normalized spacial score (nSPS) is 10.2. The summed E-state index contributed by atoms with van der Waals surface area (Å²) < 4.78 is 0.957. The Kier molecular flexibility index (Phi) is 5.99. The lowest BCUT2D eigenvalue weighted by Crippen LogP contribution is -2.18. The maximum Gasteiger partial charge on any atom is 0.248 e. The van der Waals surface area contributed by atoms with Gasteiger partial charge in [0.25, 0.3) is 0 Å². The third-order valence-electron chi connectivity index (χ3n) is 2.97. The van der Waals surface area contributed by atoms with Gasteiger partial charge < -0.3 is 16.8 Å². The highest BCUT2D eigenvalue weighted by Gasteiger charge is 2.11. The van der Waals surface area contributed by atoms with E-state index >= 15 is 0 Å². The number of hydrogen-bond donors (Lipinski definition) is 3. The van der Waals surface area contributed by atoms with Crippen LogP contribution in [0.1, 0.15) is 20.7 Å². The van der Waals surface area contributed by atoms with Crippen molar-refractivity contribution in [2.75, 3.05) is 11.1 Å². The van der Waals surface area contributed by atoms with Crippen LogP contribution >= 0.6 is 27.7 Å². The Morgan fingerprint density at radius 3 is 2.00 bits per heavy atom. The molecule has 24 heavy (non-hydrogen) atoms. The molecule has 124 valence electrons. The Labute approximate surface area is 151 Å². The molecule has 0 fully saturated rings. The SMILES string of the molecule is NC(=O)c1cc(NC(=O)CSc2ccc(Br)cc2)cc(C(N)=O)c1. The van der Waals surface area contributed by atoms with Crippen LogP contribution in [0.4, 0.5) is 5.69 Å². The molecule has 2 rings (SSSR count). The van der Waals surface area contributed by atoms with Crippen molar-refractivity contribution in [1.29, 1.82) is 0 Å². The molecule has 0 aromatic heterocycles. The van der Waals surface area contributed by atoms with Crippen LogP contribution in [0.5, 0.6) is 0 Å². The van der Waals surface area contributed by atoms with Crippen LogP contribution in [0, 0.1) is 0 Å². The minimum Gasteiger partial charge on any atom is -0.366 e. The van der Waals surface area contributed by atoms with E-state index in [1.165, 1.54) is 30.0 Å². The summed E-state index contributed by atoms with van der Waals surface area (Å²) in [5.41, 5.74) is 10.9. The Morgan fingerprint density at radius 2 is 1.50 bits per heavy atom. The van der Waals surface area contributed by atoms with Gasteiger partial charge in [-0.1, -0.05) is 15.9 Å². The van der Waals surface area contributed by atoms with Gasteiger partial charge in [-0.3, -0.25) is 14.4 Å². The summed E-state index contributed by atoms with van der Waals surface area (Å²) in [5.74, 6) is -1.52. The number of thioether (sulfide) groups is 1. The summed E-state index contributed by atoms with van der Waals surface area (Å²) in [6.07, 6.45) is 0. The molecule has 6 nitrogen and oxygen atoms in total. The van der Waals surface area contributed by atoms with Gasteiger partial charge in [0.05, 0.1) is 5.75 Å². The molecule has 0 saturated carbocycles. The van der Waals surface area contributed by atoms with E-state index in [0.29, 0.717) is 5.69 Å². The molecule has 3 amide bonds. The summed E-state index contributed by atoms with van der Waals surface area (Å²) in [5, 5.41) is 2.63. The number of primary amides is 2. The first-order valence-corrected chi connectivity index (χ1v) is 8.56. The van der Waals surface area contributed by atoms with E-state index in [1.807, 2.05) is 24.3 Å². The third-order valence-corrected chi connectivity index (χ3v) is 4.51. The number of benzene rings is 2. The minimum absolute atomic E-state index is 0.0992. The number of carbonyl (C=O) groups excluding carboxylic acids is 3. The van der Waals surface area contributed by atoms with Crippen molar-refractivity contribution in [3.05, 3.63) is 58.1 Å². The monoisotopic (exact) mass is 407 g/mol. The second-order valence-corrected chi connectivity index (χ2v) is 6.78. The fraction of sp³-hybridized carbons (Fsp3) is 0.0625. The molecule has 0 atom stereocenters. The van der Waals surface area contributed by atoms with Crippen LogP contribution in [0.25, 0.3) is 0 Å². The molecule has 0 heterocycles. The van der Waals surface area contributed by atoms with Crippen LogP contribution in [0.3, 0.4) is 0 Å². The predicted molar refractivity (Wildman–Crippen MR) is 97.0 cm³/mol. The lowest BCUT2D eigenvalue weighted by Gasteiger charge is -2.08. The number of nitrogens with one attached hydrogen (secondary N) is 1. The summed E-state index contributed by atoms with van der Waals surface area (Å²) in [6.45, 7) is 0. The number of hydrogen-bond acceptors (Lipinski definition) is 4. The first kappa shape index (κ1) is 18.0. The van der Waals surface area contributed by atoms with E-state index in [4.69, 9.17) is 11.5 Å². The van der Waals surface area contributed by atoms with Gasteiger partial charge in [0, 0.05) is 26.2 Å². The molecule has 0 bridgehead atoms. The molecule has 0 aliphatic carbocycles. The van der Waals surface area contributed by atoms with Gasteiger partial charge in [-0.05, 0) is 42.5 Å². The van der Waals surface area contributed by atoms with Gasteiger partial charge in [-0.25, -0.2) is 0 Å². The average Bonchev–Trinajstić information content (AvgIpc) is 2.54. The summed E-state index contributed by atoms with van der Waals surface area (Å²) >= 11 is 4.70. The van der Waals surface area contributed by atoms with E-state index in [0.717, 1.165) is 9.37 Å². The molecular weight excluding hydrogens is 394 g/mol. The fourth-order valence-corrected chi connectivity index (χ4v) is 2.82. The molecule has 0 aliphatic rings. The van der Waals surface area contributed by atoms with Crippen LogP contribution in [0.15, 0.2) is 51.8 Å². The van der Waals surface area contributed by atoms with Gasteiger partial charge in [-0.15, -0.1) is 11.8 Å². The Bertz CT molecular complexity index is 761. The number of nitrogens with two attached hydrogens (primary N) is 2. The number of halogens is 1. The first-order chi connectivity index (χ1) is 11.3. The molecule has 5 N–H and O–H groups in total. The molecule has 8 heteroatoms. The Balaban J connectivity index is 2.06. The van der Waals surface area contributed by atoms with Gasteiger partial charge in [0.1, 0.15) is 0 Å².